The van der Waals surface area contributed by atoms with Crippen LogP contribution in [-0.4, -0.2) is 37.6 Å². The van der Waals surface area contributed by atoms with Crippen LogP contribution in [0.4, 0.5) is 0 Å². The number of amides is 1. The Morgan fingerprint density at radius 2 is 2.06 bits per heavy atom. The molecule has 1 aromatic carbocycles. The molecule has 1 aliphatic rings. The van der Waals surface area contributed by atoms with Gasteiger partial charge < -0.3 is 15.4 Å². The first-order chi connectivity index (χ1) is 7.65. The van der Waals surface area contributed by atoms with E-state index < -0.39 is 5.91 Å². The summed E-state index contributed by atoms with van der Waals surface area (Å²) in [5.74, 6) is 1.01. The molecule has 0 atom stereocenters. The second kappa shape index (κ2) is 4.53. The summed E-state index contributed by atoms with van der Waals surface area (Å²) in [5.41, 5.74) is 5.66. The van der Waals surface area contributed by atoms with Gasteiger partial charge in [-0.05, 0) is 31.3 Å². The molecule has 1 fully saturated rings. The van der Waals surface area contributed by atoms with Crippen molar-refractivity contribution in [2.75, 3.05) is 26.7 Å². The minimum Gasteiger partial charge on any atom is -0.493 e. The number of primary amides is 1. The lowest BCUT2D eigenvalue weighted by Crippen LogP contribution is -2.46. The number of ether oxygens (including phenoxy) is 1. The molecule has 0 radical (unpaired) electrons. The lowest BCUT2D eigenvalue weighted by atomic mass is 10.0. The smallest absolute Gasteiger partial charge is 0.248 e. The summed E-state index contributed by atoms with van der Waals surface area (Å²) in [4.78, 5) is 13.1. The molecular weight excluding hydrogens is 204 g/mol. The molecule has 4 nitrogen and oxygen atoms in total. The average molecular weight is 220 g/mol. The molecule has 0 saturated carbocycles. The highest BCUT2D eigenvalue weighted by Gasteiger charge is 2.23. The van der Waals surface area contributed by atoms with Crippen molar-refractivity contribution in [3.8, 4) is 5.75 Å². The van der Waals surface area contributed by atoms with E-state index in [4.69, 9.17) is 10.5 Å². The molecule has 4 heteroatoms. The van der Waals surface area contributed by atoms with Crippen molar-refractivity contribution in [1.29, 1.82) is 0 Å². The molecule has 0 aromatic heterocycles. The summed E-state index contributed by atoms with van der Waals surface area (Å²) >= 11 is 0. The van der Waals surface area contributed by atoms with Crippen LogP contribution in [-0.2, 0) is 0 Å². The number of nitrogens with two attached hydrogens (primary N) is 1. The third-order valence-electron chi connectivity index (χ3n) is 2.76. The zero-order valence-electron chi connectivity index (χ0n) is 9.35. The minimum atomic E-state index is -0.410. The first-order valence-corrected chi connectivity index (χ1v) is 5.36. The van der Waals surface area contributed by atoms with Crippen LogP contribution in [0.2, 0.25) is 0 Å². The monoisotopic (exact) mass is 220 g/mol. The fourth-order valence-corrected chi connectivity index (χ4v) is 1.86. The van der Waals surface area contributed by atoms with Gasteiger partial charge in [-0.15, -0.1) is 0 Å². The Morgan fingerprint density at radius 3 is 2.56 bits per heavy atom. The van der Waals surface area contributed by atoms with Crippen molar-refractivity contribution in [1.82, 2.24) is 4.90 Å². The van der Waals surface area contributed by atoms with Crippen molar-refractivity contribution >= 4 is 5.91 Å². The standard InChI is InChI=1S/C12H16N2O2/c1-14-6-9(7-14)8-16-11-4-2-10(3-5-11)12(13)15/h2-5,9H,6-8H2,1H3,(H2,13,15). The highest BCUT2D eigenvalue weighted by atomic mass is 16.5. The van der Waals surface area contributed by atoms with Crippen LogP contribution < -0.4 is 10.5 Å². The Labute approximate surface area is 95.0 Å². The fourth-order valence-electron chi connectivity index (χ4n) is 1.86. The zero-order valence-corrected chi connectivity index (χ0v) is 9.35. The van der Waals surface area contributed by atoms with Crippen LogP contribution >= 0.6 is 0 Å². The predicted molar refractivity (Wildman–Crippen MR) is 61.4 cm³/mol. The van der Waals surface area contributed by atoms with Crippen LogP contribution in [0.25, 0.3) is 0 Å². The van der Waals surface area contributed by atoms with E-state index in [0.717, 1.165) is 25.4 Å². The van der Waals surface area contributed by atoms with E-state index >= 15 is 0 Å². The highest BCUT2D eigenvalue weighted by molar-refractivity contribution is 5.92. The molecule has 2 N–H and O–H groups in total. The van der Waals surface area contributed by atoms with E-state index in [-0.39, 0.29) is 0 Å². The predicted octanol–water partition coefficient (Wildman–Crippen LogP) is 0.726. The Hall–Kier alpha value is -1.55. The molecule has 0 unspecified atom stereocenters. The largest absolute Gasteiger partial charge is 0.493 e. The van der Waals surface area contributed by atoms with Crippen LogP contribution in [0, 0.1) is 5.92 Å². The fraction of sp³-hybridized carbons (Fsp3) is 0.417. The van der Waals surface area contributed by atoms with Gasteiger partial charge in [0.05, 0.1) is 6.61 Å². The van der Waals surface area contributed by atoms with Gasteiger partial charge in [0.25, 0.3) is 0 Å². The van der Waals surface area contributed by atoms with Crippen LogP contribution in [0.15, 0.2) is 24.3 Å². The first kappa shape index (κ1) is 11.0. The summed E-state index contributed by atoms with van der Waals surface area (Å²) in [6.45, 7) is 2.93. The van der Waals surface area contributed by atoms with Gasteiger partial charge in [-0.1, -0.05) is 0 Å². The molecule has 0 aliphatic carbocycles. The van der Waals surface area contributed by atoms with Crippen LogP contribution in [0.5, 0.6) is 5.75 Å². The van der Waals surface area contributed by atoms with Gasteiger partial charge in [0.15, 0.2) is 0 Å². The van der Waals surface area contributed by atoms with Gasteiger partial charge in [-0.2, -0.15) is 0 Å². The van der Waals surface area contributed by atoms with Crippen molar-refractivity contribution in [3.63, 3.8) is 0 Å². The lowest BCUT2D eigenvalue weighted by molar-refractivity contribution is 0.0857. The molecule has 1 heterocycles. The number of likely N-dealkylation sites (tertiary alicyclic amines) is 1. The van der Waals surface area contributed by atoms with E-state index in [1.165, 1.54) is 0 Å². The molecule has 2 rings (SSSR count). The molecule has 1 aliphatic heterocycles. The van der Waals surface area contributed by atoms with Gasteiger partial charge in [0, 0.05) is 24.6 Å². The van der Waals surface area contributed by atoms with Crippen molar-refractivity contribution in [3.05, 3.63) is 29.8 Å². The van der Waals surface area contributed by atoms with Gasteiger partial charge in [0.1, 0.15) is 5.75 Å². The number of hydrogen-bond donors (Lipinski definition) is 1. The topological polar surface area (TPSA) is 55.6 Å². The first-order valence-electron chi connectivity index (χ1n) is 5.36. The van der Waals surface area contributed by atoms with Gasteiger partial charge in [-0.3, -0.25) is 4.79 Å². The third-order valence-corrected chi connectivity index (χ3v) is 2.76. The van der Waals surface area contributed by atoms with Crippen LogP contribution in [0.1, 0.15) is 10.4 Å². The highest BCUT2D eigenvalue weighted by Crippen LogP contribution is 2.17. The maximum Gasteiger partial charge on any atom is 0.248 e. The van der Waals surface area contributed by atoms with E-state index in [1.807, 2.05) is 0 Å². The zero-order chi connectivity index (χ0) is 11.5. The average Bonchev–Trinajstić information content (AvgIpc) is 2.23. The summed E-state index contributed by atoms with van der Waals surface area (Å²) in [6, 6.07) is 6.93. The maximum atomic E-state index is 10.8. The van der Waals surface area contributed by atoms with Gasteiger partial charge >= 0.3 is 0 Å². The summed E-state index contributed by atoms with van der Waals surface area (Å²) < 4.78 is 5.61. The summed E-state index contributed by atoms with van der Waals surface area (Å²) in [5, 5.41) is 0. The quantitative estimate of drug-likeness (QED) is 0.813. The van der Waals surface area contributed by atoms with Gasteiger partial charge in [0.2, 0.25) is 5.91 Å². The molecule has 16 heavy (non-hydrogen) atoms. The number of carbonyl (C=O) groups excluding carboxylic acids is 1. The summed E-state index contributed by atoms with van der Waals surface area (Å²) in [6.07, 6.45) is 0. The van der Waals surface area contributed by atoms with Crippen LogP contribution in [0.3, 0.4) is 0 Å². The molecule has 1 amide bonds. The second-order valence-electron chi connectivity index (χ2n) is 4.29. The third kappa shape index (κ3) is 2.52. The molecule has 1 aromatic rings. The molecule has 1 saturated heterocycles. The van der Waals surface area contributed by atoms with Crippen molar-refractivity contribution in [2.24, 2.45) is 11.7 Å². The van der Waals surface area contributed by atoms with E-state index in [2.05, 4.69) is 11.9 Å². The number of hydrogen-bond acceptors (Lipinski definition) is 3. The second-order valence-corrected chi connectivity index (χ2v) is 4.29. The van der Waals surface area contributed by atoms with E-state index in [9.17, 15) is 4.79 Å². The Kier molecular flexibility index (Phi) is 3.10. The number of rotatable bonds is 4. The lowest BCUT2D eigenvalue weighted by Gasteiger charge is -2.35. The number of carbonyl (C=O) groups is 1. The van der Waals surface area contributed by atoms with Crippen molar-refractivity contribution in [2.45, 2.75) is 0 Å². The van der Waals surface area contributed by atoms with E-state index in [0.29, 0.717) is 11.5 Å². The number of benzene rings is 1. The Morgan fingerprint density at radius 1 is 1.44 bits per heavy atom. The van der Waals surface area contributed by atoms with Crippen molar-refractivity contribution < 1.29 is 9.53 Å². The molecule has 0 spiro atoms. The van der Waals surface area contributed by atoms with Gasteiger partial charge in [-0.25, -0.2) is 0 Å². The minimum absolute atomic E-state index is 0.410. The molecular formula is C12H16N2O2. The Bertz CT molecular complexity index is 369. The number of nitrogens with zero attached hydrogens (tertiary/aromatic N) is 1. The summed E-state index contributed by atoms with van der Waals surface area (Å²) in [7, 11) is 2.10. The normalized spacial score (nSPS) is 16.8. The Balaban J connectivity index is 1.83. The van der Waals surface area contributed by atoms with E-state index in [1.54, 1.807) is 24.3 Å². The molecule has 86 valence electrons. The maximum absolute atomic E-state index is 10.8. The SMILES string of the molecule is CN1CC(COc2ccc(C(N)=O)cc2)C1. The molecule has 0 bridgehead atoms.